The minimum Gasteiger partial charge on any atom is -0.361 e. The van der Waals surface area contributed by atoms with E-state index in [1.165, 1.54) is 0 Å². The maximum Gasteiger partial charge on any atom is 0.230 e. The molecule has 1 aliphatic rings. The van der Waals surface area contributed by atoms with E-state index < -0.39 is 0 Å². The van der Waals surface area contributed by atoms with Gasteiger partial charge in [0.15, 0.2) is 0 Å². The van der Waals surface area contributed by atoms with Gasteiger partial charge in [0.25, 0.3) is 0 Å². The third-order valence-corrected chi connectivity index (χ3v) is 5.04. The molecule has 1 fully saturated rings. The molecule has 2 atom stereocenters. The van der Waals surface area contributed by atoms with Crippen LogP contribution in [0.5, 0.6) is 0 Å². The Morgan fingerprint density at radius 3 is 2.71 bits per heavy atom. The number of nitrogens with zero attached hydrogens (tertiary/aromatic N) is 4. The summed E-state index contributed by atoms with van der Waals surface area (Å²) < 4.78 is 7.26. The summed E-state index contributed by atoms with van der Waals surface area (Å²) in [6, 6.07) is 2.28. The molecule has 0 unspecified atom stereocenters. The van der Waals surface area contributed by atoms with Crippen LogP contribution >= 0.6 is 0 Å². The van der Waals surface area contributed by atoms with E-state index in [0.717, 1.165) is 54.3 Å². The van der Waals surface area contributed by atoms with Crippen LogP contribution in [0.1, 0.15) is 54.1 Å². The van der Waals surface area contributed by atoms with Gasteiger partial charge >= 0.3 is 0 Å². The van der Waals surface area contributed by atoms with Gasteiger partial charge in [0.2, 0.25) is 5.91 Å². The van der Waals surface area contributed by atoms with Gasteiger partial charge in [-0.05, 0) is 53.5 Å². The van der Waals surface area contributed by atoms with Crippen molar-refractivity contribution in [1.29, 1.82) is 0 Å². The van der Waals surface area contributed by atoms with Gasteiger partial charge in [-0.3, -0.25) is 9.48 Å². The van der Waals surface area contributed by atoms with Crippen LogP contribution < -0.4 is 0 Å². The number of amides is 1. The number of hydrogen-bond acceptors (Lipinski definition) is 4. The number of hydrogen-bond donors (Lipinski definition) is 0. The van der Waals surface area contributed by atoms with E-state index >= 15 is 0 Å². The lowest BCUT2D eigenvalue weighted by atomic mass is 9.97. The third-order valence-electron chi connectivity index (χ3n) is 5.04. The van der Waals surface area contributed by atoms with Crippen LogP contribution in [0, 0.1) is 27.7 Å². The molecule has 24 heavy (non-hydrogen) atoms. The summed E-state index contributed by atoms with van der Waals surface area (Å²) in [7, 11) is 0. The largest absolute Gasteiger partial charge is 0.361 e. The first-order valence-corrected chi connectivity index (χ1v) is 8.62. The molecule has 6 heteroatoms. The molecule has 1 aliphatic heterocycles. The maximum absolute atomic E-state index is 13.1. The number of rotatable bonds is 4. The Bertz CT molecular complexity index is 727. The summed E-state index contributed by atoms with van der Waals surface area (Å²) in [6.45, 7) is 11.4. The normalized spacial score (nSPS) is 19.0. The molecular formula is C18H26N4O2. The van der Waals surface area contributed by atoms with Crippen LogP contribution in [0.4, 0.5) is 0 Å². The molecule has 1 amide bonds. The summed E-state index contributed by atoms with van der Waals surface area (Å²) in [4.78, 5) is 15.1. The predicted molar refractivity (Wildman–Crippen MR) is 90.8 cm³/mol. The van der Waals surface area contributed by atoms with Gasteiger partial charge < -0.3 is 9.42 Å². The van der Waals surface area contributed by atoms with E-state index in [-0.39, 0.29) is 17.9 Å². The van der Waals surface area contributed by atoms with Gasteiger partial charge in [0.05, 0.1) is 29.9 Å². The van der Waals surface area contributed by atoms with E-state index in [2.05, 4.69) is 23.2 Å². The Labute approximate surface area is 142 Å². The first-order chi connectivity index (χ1) is 11.4. The first kappa shape index (κ1) is 16.7. The Kier molecular flexibility index (Phi) is 4.47. The SMILES string of the molecule is Cc1cc(C)n(C[C@@H]2CCCN2C(=O)[C@@H](C)c2c(C)noc2C)n1. The molecule has 0 N–H and O–H groups in total. The Morgan fingerprint density at radius 1 is 1.38 bits per heavy atom. The van der Waals surface area contributed by atoms with Gasteiger partial charge in [-0.25, -0.2) is 0 Å². The lowest BCUT2D eigenvalue weighted by Crippen LogP contribution is -2.40. The lowest BCUT2D eigenvalue weighted by Gasteiger charge is -2.28. The quantitative estimate of drug-likeness (QED) is 0.864. The molecule has 0 saturated carbocycles. The van der Waals surface area contributed by atoms with Crippen LogP contribution in [-0.2, 0) is 11.3 Å². The molecule has 0 spiro atoms. The fourth-order valence-corrected chi connectivity index (χ4v) is 3.86. The van der Waals surface area contributed by atoms with Crippen molar-refractivity contribution < 1.29 is 9.32 Å². The van der Waals surface area contributed by atoms with Crippen molar-refractivity contribution in [3.8, 4) is 0 Å². The second-order valence-electron chi connectivity index (χ2n) is 6.90. The predicted octanol–water partition coefficient (Wildman–Crippen LogP) is 2.90. The summed E-state index contributed by atoms with van der Waals surface area (Å²) in [5.41, 5.74) is 3.90. The minimum atomic E-state index is -0.225. The number of carbonyl (C=O) groups excluding carboxylic acids is 1. The molecule has 3 rings (SSSR count). The van der Waals surface area contributed by atoms with Crippen LogP contribution in [0.25, 0.3) is 0 Å². The molecule has 3 heterocycles. The van der Waals surface area contributed by atoms with Crippen LogP contribution in [0.15, 0.2) is 10.6 Å². The highest BCUT2D eigenvalue weighted by atomic mass is 16.5. The van der Waals surface area contributed by atoms with Gasteiger partial charge in [-0.2, -0.15) is 5.10 Å². The maximum atomic E-state index is 13.1. The topological polar surface area (TPSA) is 64.2 Å². The molecule has 0 aliphatic carbocycles. The van der Waals surface area contributed by atoms with E-state index in [1.807, 2.05) is 37.3 Å². The van der Waals surface area contributed by atoms with E-state index in [1.54, 1.807) is 0 Å². The van der Waals surface area contributed by atoms with Gasteiger partial charge in [0, 0.05) is 17.8 Å². The Hall–Kier alpha value is -2.11. The summed E-state index contributed by atoms with van der Waals surface area (Å²) in [5.74, 6) is 0.674. The zero-order valence-corrected chi connectivity index (χ0v) is 15.2. The summed E-state index contributed by atoms with van der Waals surface area (Å²) in [5, 5.41) is 8.53. The smallest absolute Gasteiger partial charge is 0.230 e. The summed E-state index contributed by atoms with van der Waals surface area (Å²) >= 11 is 0. The second-order valence-corrected chi connectivity index (χ2v) is 6.90. The average Bonchev–Trinajstić information content (AvgIpc) is 3.19. The van der Waals surface area contributed by atoms with Crippen LogP contribution in [0.3, 0.4) is 0 Å². The van der Waals surface area contributed by atoms with Crippen molar-refractivity contribution in [3.63, 3.8) is 0 Å². The standard InChI is InChI=1S/C18H26N4O2/c1-11-9-12(2)22(19-11)10-16-7-6-8-21(16)18(23)13(3)17-14(4)20-24-15(17)5/h9,13,16H,6-8,10H2,1-5H3/t13-,16-/m0/s1. The summed E-state index contributed by atoms with van der Waals surface area (Å²) in [6.07, 6.45) is 2.07. The molecule has 0 bridgehead atoms. The molecular weight excluding hydrogens is 304 g/mol. The monoisotopic (exact) mass is 330 g/mol. The molecule has 0 aromatic carbocycles. The van der Waals surface area contributed by atoms with Crippen molar-refractivity contribution in [1.82, 2.24) is 19.8 Å². The Balaban J connectivity index is 1.77. The van der Waals surface area contributed by atoms with Gasteiger partial charge in [0.1, 0.15) is 5.76 Å². The first-order valence-electron chi connectivity index (χ1n) is 8.62. The Morgan fingerprint density at radius 2 is 2.12 bits per heavy atom. The lowest BCUT2D eigenvalue weighted by molar-refractivity contribution is -0.133. The molecule has 2 aromatic rings. The van der Waals surface area contributed by atoms with E-state index in [9.17, 15) is 4.79 Å². The zero-order chi connectivity index (χ0) is 17.4. The van der Waals surface area contributed by atoms with Crippen LogP contribution in [-0.4, -0.2) is 38.3 Å². The number of aromatic nitrogens is 3. The van der Waals surface area contributed by atoms with E-state index in [4.69, 9.17) is 4.52 Å². The van der Waals surface area contributed by atoms with E-state index in [0.29, 0.717) is 0 Å². The minimum absolute atomic E-state index is 0.161. The highest BCUT2D eigenvalue weighted by Gasteiger charge is 2.34. The number of aryl methyl sites for hydroxylation is 4. The van der Waals surface area contributed by atoms with Crippen molar-refractivity contribution >= 4 is 5.91 Å². The second kappa shape index (κ2) is 6.42. The molecule has 1 saturated heterocycles. The fourth-order valence-electron chi connectivity index (χ4n) is 3.86. The van der Waals surface area contributed by atoms with Crippen molar-refractivity contribution in [2.75, 3.05) is 6.54 Å². The van der Waals surface area contributed by atoms with Crippen molar-refractivity contribution in [2.45, 2.75) is 66.0 Å². The fraction of sp³-hybridized carbons (Fsp3) is 0.611. The van der Waals surface area contributed by atoms with Crippen molar-refractivity contribution in [2.24, 2.45) is 0 Å². The highest BCUT2D eigenvalue weighted by Crippen LogP contribution is 2.29. The average molecular weight is 330 g/mol. The van der Waals surface area contributed by atoms with Crippen LogP contribution in [0.2, 0.25) is 0 Å². The van der Waals surface area contributed by atoms with Gasteiger partial charge in [-0.15, -0.1) is 0 Å². The van der Waals surface area contributed by atoms with Gasteiger partial charge in [-0.1, -0.05) is 5.16 Å². The van der Waals surface area contributed by atoms with Crippen molar-refractivity contribution in [3.05, 3.63) is 34.5 Å². The molecule has 6 nitrogen and oxygen atoms in total. The zero-order valence-electron chi connectivity index (χ0n) is 15.2. The third kappa shape index (κ3) is 2.97. The molecule has 0 radical (unpaired) electrons. The molecule has 2 aromatic heterocycles. The molecule has 130 valence electrons. The number of carbonyl (C=O) groups is 1. The highest BCUT2D eigenvalue weighted by molar-refractivity contribution is 5.84. The number of likely N-dealkylation sites (tertiary alicyclic amines) is 1.